The highest BCUT2D eigenvalue weighted by Gasteiger charge is 2.13. The summed E-state index contributed by atoms with van der Waals surface area (Å²) < 4.78 is 17.7. The number of pyridine rings is 1. The smallest absolute Gasteiger partial charge is 0.358 e. The molecule has 0 aliphatic carbocycles. The molecule has 0 bridgehead atoms. The van der Waals surface area contributed by atoms with Gasteiger partial charge in [0.25, 0.3) is 0 Å². The van der Waals surface area contributed by atoms with Gasteiger partial charge in [-0.15, -0.1) is 0 Å². The van der Waals surface area contributed by atoms with E-state index in [-0.39, 0.29) is 12.3 Å². The zero-order valence-electron chi connectivity index (χ0n) is 6.88. The lowest BCUT2D eigenvalue weighted by atomic mass is 10.3. The van der Waals surface area contributed by atoms with E-state index >= 15 is 0 Å². The molecule has 1 heterocycles. The molecular formula is C8H7BrFNO2. The first-order valence-corrected chi connectivity index (χ1v) is 4.43. The van der Waals surface area contributed by atoms with Crippen LogP contribution in [0.4, 0.5) is 4.39 Å². The number of hydrogen-bond acceptors (Lipinski definition) is 3. The summed E-state index contributed by atoms with van der Waals surface area (Å²) in [6.45, 7) is 1.91. The summed E-state index contributed by atoms with van der Waals surface area (Å²) >= 11 is 3.07. The Kier molecular flexibility index (Phi) is 3.36. The molecule has 0 N–H and O–H groups in total. The van der Waals surface area contributed by atoms with Crippen LogP contribution in [0.15, 0.2) is 16.6 Å². The van der Waals surface area contributed by atoms with Gasteiger partial charge in [0.05, 0.1) is 11.1 Å². The third-order valence-electron chi connectivity index (χ3n) is 1.28. The van der Waals surface area contributed by atoms with Crippen molar-refractivity contribution in [1.82, 2.24) is 4.98 Å². The molecule has 1 aromatic rings. The second kappa shape index (κ2) is 4.32. The average molecular weight is 248 g/mol. The van der Waals surface area contributed by atoms with Gasteiger partial charge >= 0.3 is 5.97 Å². The zero-order chi connectivity index (χ0) is 9.84. The molecule has 0 amide bonds. The van der Waals surface area contributed by atoms with Crippen molar-refractivity contribution in [3.8, 4) is 0 Å². The van der Waals surface area contributed by atoms with E-state index in [0.717, 1.165) is 6.07 Å². The fourth-order valence-electron chi connectivity index (χ4n) is 0.761. The molecule has 5 heteroatoms. The van der Waals surface area contributed by atoms with Gasteiger partial charge in [-0.05, 0) is 35.0 Å². The molecule has 3 nitrogen and oxygen atoms in total. The predicted molar refractivity (Wildman–Crippen MR) is 47.9 cm³/mol. The molecular weight excluding hydrogens is 241 g/mol. The number of halogens is 2. The quantitative estimate of drug-likeness (QED) is 0.594. The predicted octanol–water partition coefficient (Wildman–Crippen LogP) is 2.16. The number of carbonyl (C=O) groups is 1. The third kappa shape index (κ3) is 2.48. The Morgan fingerprint density at radius 3 is 3.00 bits per heavy atom. The van der Waals surface area contributed by atoms with Gasteiger partial charge < -0.3 is 4.74 Å². The Morgan fingerprint density at radius 1 is 1.69 bits per heavy atom. The first-order valence-electron chi connectivity index (χ1n) is 3.64. The molecule has 0 aliphatic heterocycles. The Labute approximate surface area is 83.1 Å². The number of esters is 1. The molecule has 0 atom stereocenters. The molecule has 0 aromatic carbocycles. The second-order valence-corrected chi connectivity index (χ2v) is 3.04. The Balaban J connectivity index is 2.99. The van der Waals surface area contributed by atoms with Crippen LogP contribution in [0, 0.1) is 5.95 Å². The number of aromatic nitrogens is 1. The largest absolute Gasteiger partial charge is 0.461 e. The molecule has 13 heavy (non-hydrogen) atoms. The maximum Gasteiger partial charge on any atom is 0.358 e. The van der Waals surface area contributed by atoms with E-state index in [1.807, 2.05) is 0 Å². The number of rotatable bonds is 2. The van der Waals surface area contributed by atoms with Crippen molar-refractivity contribution >= 4 is 21.9 Å². The summed E-state index contributed by atoms with van der Waals surface area (Å²) in [4.78, 5) is 14.5. The summed E-state index contributed by atoms with van der Waals surface area (Å²) in [5, 5.41) is 0. The maximum absolute atomic E-state index is 12.6. The normalized spacial score (nSPS) is 9.77. The lowest BCUT2D eigenvalue weighted by Crippen LogP contribution is -2.08. The first kappa shape index (κ1) is 10.1. The topological polar surface area (TPSA) is 39.2 Å². The van der Waals surface area contributed by atoms with Crippen LogP contribution in [0.5, 0.6) is 0 Å². The van der Waals surface area contributed by atoms with Gasteiger partial charge in [-0.25, -0.2) is 9.78 Å². The van der Waals surface area contributed by atoms with Gasteiger partial charge in [-0.2, -0.15) is 4.39 Å². The molecule has 1 aromatic heterocycles. The van der Waals surface area contributed by atoms with Crippen molar-refractivity contribution in [2.24, 2.45) is 0 Å². The fourth-order valence-corrected chi connectivity index (χ4v) is 1.14. The Morgan fingerprint density at radius 2 is 2.38 bits per heavy atom. The van der Waals surface area contributed by atoms with E-state index in [0.29, 0.717) is 4.47 Å². The van der Waals surface area contributed by atoms with E-state index in [1.54, 1.807) is 6.92 Å². The Bertz CT molecular complexity index is 330. The van der Waals surface area contributed by atoms with Gasteiger partial charge in [-0.1, -0.05) is 0 Å². The molecule has 0 aliphatic rings. The lowest BCUT2D eigenvalue weighted by Gasteiger charge is -2.02. The fraction of sp³-hybridized carbons (Fsp3) is 0.250. The molecule has 0 fully saturated rings. The maximum atomic E-state index is 12.6. The van der Waals surface area contributed by atoms with Crippen molar-refractivity contribution in [1.29, 1.82) is 0 Å². The van der Waals surface area contributed by atoms with Crippen molar-refractivity contribution < 1.29 is 13.9 Å². The van der Waals surface area contributed by atoms with E-state index in [2.05, 4.69) is 25.7 Å². The van der Waals surface area contributed by atoms with E-state index in [9.17, 15) is 9.18 Å². The van der Waals surface area contributed by atoms with Crippen LogP contribution in [0.3, 0.4) is 0 Å². The summed E-state index contributed by atoms with van der Waals surface area (Å²) in [6, 6.07) is 2.57. The van der Waals surface area contributed by atoms with Crippen LogP contribution in [0.2, 0.25) is 0 Å². The first-order chi connectivity index (χ1) is 6.15. The minimum Gasteiger partial charge on any atom is -0.461 e. The van der Waals surface area contributed by atoms with Crippen LogP contribution >= 0.6 is 15.9 Å². The van der Waals surface area contributed by atoms with E-state index in [1.165, 1.54) is 6.07 Å². The van der Waals surface area contributed by atoms with Gasteiger partial charge in [0.2, 0.25) is 5.95 Å². The number of carbonyl (C=O) groups excluding carboxylic acids is 1. The van der Waals surface area contributed by atoms with Crippen molar-refractivity contribution in [3.05, 3.63) is 28.2 Å². The van der Waals surface area contributed by atoms with Gasteiger partial charge in [0, 0.05) is 0 Å². The summed E-state index contributed by atoms with van der Waals surface area (Å²) in [6.07, 6.45) is 0. The molecule has 0 unspecified atom stereocenters. The van der Waals surface area contributed by atoms with Gasteiger partial charge in [0.1, 0.15) is 0 Å². The molecule has 70 valence electrons. The Hall–Kier alpha value is -0.970. The van der Waals surface area contributed by atoms with Crippen LogP contribution < -0.4 is 0 Å². The molecule has 0 spiro atoms. The van der Waals surface area contributed by atoms with Crippen molar-refractivity contribution in [2.45, 2.75) is 6.92 Å². The van der Waals surface area contributed by atoms with E-state index < -0.39 is 11.9 Å². The highest BCUT2D eigenvalue weighted by atomic mass is 79.9. The number of hydrogen-bond donors (Lipinski definition) is 0. The van der Waals surface area contributed by atoms with Crippen LogP contribution in [-0.2, 0) is 4.74 Å². The molecule has 0 saturated heterocycles. The molecule has 0 radical (unpaired) electrons. The van der Waals surface area contributed by atoms with Gasteiger partial charge in [-0.3, -0.25) is 0 Å². The van der Waals surface area contributed by atoms with Crippen molar-refractivity contribution in [3.63, 3.8) is 0 Å². The minimum atomic E-state index is -0.703. The number of nitrogens with zero attached hydrogens (tertiary/aromatic N) is 1. The van der Waals surface area contributed by atoms with E-state index in [4.69, 9.17) is 0 Å². The summed E-state index contributed by atoms with van der Waals surface area (Å²) in [7, 11) is 0. The molecule has 0 saturated carbocycles. The monoisotopic (exact) mass is 247 g/mol. The second-order valence-electron chi connectivity index (χ2n) is 2.18. The highest BCUT2D eigenvalue weighted by molar-refractivity contribution is 9.10. The van der Waals surface area contributed by atoms with Crippen LogP contribution in [-0.4, -0.2) is 17.6 Å². The lowest BCUT2D eigenvalue weighted by molar-refractivity contribution is 0.0517. The average Bonchev–Trinajstić information content (AvgIpc) is 2.09. The SMILES string of the molecule is CCOC(=O)c1nc(F)ccc1Br. The molecule has 1 rings (SSSR count). The summed E-state index contributed by atoms with van der Waals surface area (Å²) in [5.41, 5.74) is -0.0400. The number of ether oxygens (including phenoxy) is 1. The van der Waals surface area contributed by atoms with Crippen LogP contribution in [0.25, 0.3) is 0 Å². The highest BCUT2D eigenvalue weighted by Crippen LogP contribution is 2.15. The summed E-state index contributed by atoms with van der Waals surface area (Å²) in [5.74, 6) is -1.33. The van der Waals surface area contributed by atoms with Crippen LogP contribution in [0.1, 0.15) is 17.4 Å². The minimum absolute atomic E-state index is 0.0400. The van der Waals surface area contributed by atoms with Gasteiger partial charge in [0.15, 0.2) is 5.69 Å². The zero-order valence-corrected chi connectivity index (χ0v) is 8.47. The van der Waals surface area contributed by atoms with Crippen molar-refractivity contribution in [2.75, 3.05) is 6.61 Å². The standard InChI is InChI=1S/C8H7BrFNO2/c1-2-13-8(12)7-5(9)3-4-6(10)11-7/h3-4H,2H2,1H3. The third-order valence-corrected chi connectivity index (χ3v) is 1.92.